The summed E-state index contributed by atoms with van der Waals surface area (Å²) in [5.41, 5.74) is 9.17. The van der Waals surface area contributed by atoms with Gasteiger partial charge < -0.3 is 16.0 Å². The van der Waals surface area contributed by atoms with E-state index < -0.39 is 0 Å². The third kappa shape index (κ3) is 3.59. The lowest BCUT2D eigenvalue weighted by atomic mass is 9.88. The molecule has 9 nitrogen and oxygen atoms in total. The van der Waals surface area contributed by atoms with Crippen molar-refractivity contribution in [3.63, 3.8) is 0 Å². The Morgan fingerprint density at radius 2 is 1.92 bits per heavy atom. The van der Waals surface area contributed by atoms with Crippen molar-refractivity contribution in [1.82, 2.24) is 24.3 Å². The minimum atomic E-state index is -0.237. The van der Waals surface area contributed by atoms with Crippen molar-refractivity contribution in [2.75, 3.05) is 11.1 Å². The lowest BCUT2D eigenvalue weighted by molar-refractivity contribution is -0.132. The molecule has 3 N–H and O–H groups in total. The Morgan fingerprint density at radius 1 is 1.08 bits per heavy atom. The van der Waals surface area contributed by atoms with Gasteiger partial charge in [-0.15, -0.1) is 0 Å². The van der Waals surface area contributed by atoms with Gasteiger partial charge in [0.1, 0.15) is 28.7 Å². The molecule has 3 unspecified atom stereocenters. The van der Waals surface area contributed by atoms with E-state index in [0.29, 0.717) is 23.6 Å². The molecule has 36 heavy (non-hydrogen) atoms. The second-order valence-corrected chi connectivity index (χ2v) is 9.39. The summed E-state index contributed by atoms with van der Waals surface area (Å²) >= 11 is 0. The monoisotopic (exact) mass is 481 g/mol. The van der Waals surface area contributed by atoms with E-state index in [9.17, 15) is 9.59 Å². The molecule has 9 heteroatoms. The molecule has 3 atom stereocenters. The number of anilines is 2. The summed E-state index contributed by atoms with van der Waals surface area (Å²) in [6, 6.07) is 13.1. The van der Waals surface area contributed by atoms with Crippen molar-refractivity contribution in [2.24, 2.45) is 0 Å². The first-order chi connectivity index (χ1) is 17.5. The molecule has 2 aliphatic rings. The highest BCUT2D eigenvalue weighted by molar-refractivity contribution is 6.04. The van der Waals surface area contributed by atoms with Gasteiger partial charge in [-0.25, -0.2) is 15.0 Å². The van der Waals surface area contributed by atoms with Crippen LogP contribution in [0.15, 0.2) is 61.1 Å². The van der Waals surface area contributed by atoms with Crippen molar-refractivity contribution < 1.29 is 9.59 Å². The zero-order valence-corrected chi connectivity index (χ0v) is 20.0. The molecular formula is C27H27N7O2. The van der Waals surface area contributed by atoms with Gasteiger partial charge in [-0.05, 0) is 43.5 Å². The predicted molar refractivity (Wildman–Crippen MR) is 136 cm³/mol. The van der Waals surface area contributed by atoms with Crippen molar-refractivity contribution in [3.8, 4) is 11.3 Å². The van der Waals surface area contributed by atoms with E-state index in [0.717, 1.165) is 41.9 Å². The number of imidazole rings is 1. The molecule has 182 valence electrons. The van der Waals surface area contributed by atoms with Gasteiger partial charge in [0.25, 0.3) is 5.91 Å². The average Bonchev–Trinajstić information content (AvgIpc) is 3.60. The van der Waals surface area contributed by atoms with Crippen LogP contribution in [0.5, 0.6) is 0 Å². The van der Waals surface area contributed by atoms with Gasteiger partial charge in [-0.1, -0.05) is 25.1 Å². The van der Waals surface area contributed by atoms with Crippen LogP contribution >= 0.6 is 0 Å². The number of carbonyl (C=O) groups is 2. The Bertz CT molecular complexity index is 1450. The number of nitrogens with one attached hydrogen (secondary N) is 1. The number of aromatic nitrogens is 4. The van der Waals surface area contributed by atoms with Crippen LogP contribution in [0.4, 0.5) is 11.6 Å². The third-order valence-electron chi connectivity index (χ3n) is 7.40. The maximum absolute atomic E-state index is 12.7. The number of fused-ring (bicyclic) bond motifs is 3. The normalized spacial score (nSPS) is 20.7. The number of benzene rings is 1. The number of rotatable bonds is 5. The van der Waals surface area contributed by atoms with E-state index in [1.165, 1.54) is 0 Å². The van der Waals surface area contributed by atoms with Crippen LogP contribution < -0.4 is 11.1 Å². The van der Waals surface area contributed by atoms with Gasteiger partial charge in [0.15, 0.2) is 0 Å². The Balaban J connectivity index is 1.34. The number of nitrogens with two attached hydrogens (primary N) is 1. The molecule has 1 aromatic carbocycles. The molecule has 0 aliphatic carbocycles. The zero-order chi connectivity index (χ0) is 24.8. The third-order valence-corrected chi connectivity index (χ3v) is 7.40. The number of nitrogens with zero attached hydrogens (tertiary/aromatic N) is 5. The smallest absolute Gasteiger partial charge is 0.256 e. The van der Waals surface area contributed by atoms with Gasteiger partial charge in [0.2, 0.25) is 5.91 Å². The largest absolute Gasteiger partial charge is 0.382 e. The van der Waals surface area contributed by atoms with Gasteiger partial charge in [-0.3, -0.25) is 14.0 Å². The predicted octanol–water partition coefficient (Wildman–Crippen LogP) is 3.88. The highest BCUT2D eigenvalue weighted by Gasteiger charge is 2.50. The van der Waals surface area contributed by atoms with Gasteiger partial charge in [0, 0.05) is 54.1 Å². The fourth-order valence-electron chi connectivity index (χ4n) is 5.79. The van der Waals surface area contributed by atoms with Crippen molar-refractivity contribution in [2.45, 2.75) is 50.6 Å². The van der Waals surface area contributed by atoms with Crippen molar-refractivity contribution in [1.29, 1.82) is 0 Å². The van der Waals surface area contributed by atoms with Crippen LogP contribution in [0.1, 0.15) is 54.7 Å². The van der Waals surface area contributed by atoms with Crippen LogP contribution in [-0.2, 0) is 4.79 Å². The molecule has 4 aromatic rings. The molecule has 3 aromatic heterocycles. The molecule has 6 rings (SSSR count). The van der Waals surface area contributed by atoms with Crippen LogP contribution in [0.25, 0.3) is 16.8 Å². The van der Waals surface area contributed by atoms with Crippen LogP contribution in [0.2, 0.25) is 0 Å². The number of amides is 2. The minimum absolute atomic E-state index is 0.144. The van der Waals surface area contributed by atoms with Crippen LogP contribution in [0, 0.1) is 0 Å². The minimum Gasteiger partial charge on any atom is -0.382 e. The molecule has 0 spiro atoms. The molecule has 2 aliphatic heterocycles. The molecule has 5 heterocycles. The Hall–Kier alpha value is -4.27. The SMILES string of the molecule is CCC(=O)N1C2CCC1C(c1nc(-c3ccc(C(=O)Nc4ccccn4)cc3)c3c(N)nccn13)C2. The summed E-state index contributed by atoms with van der Waals surface area (Å²) in [4.78, 5) is 40.9. The molecule has 2 saturated heterocycles. The number of pyridine rings is 1. The standard InChI is InChI=1S/C27H27N7O2/c1-2-22(35)34-18-10-11-20(34)19(15-18)26-32-23(24-25(28)30-13-14-33(24)26)16-6-8-17(9-7-16)27(36)31-21-5-3-4-12-29-21/h3-9,12-14,18-20H,2,10-11,15H2,1H3,(H2,28,30)(H,29,31,36). The summed E-state index contributed by atoms with van der Waals surface area (Å²) in [6.45, 7) is 1.92. The van der Waals surface area contributed by atoms with Crippen LogP contribution in [-0.4, -0.2) is 48.2 Å². The molecule has 2 amide bonds. The summed E-state index contributed by atoms with van der Waals surface area (Å²) in [5, 5.41) is 2.80. The Kier molecular flexibility index (Phi) is 5.40. The summed E-state index contributed by atoms with van der Waals surface area (Å²) in [5.74, 6) is 1.92. The number of hydrogen-bond donors (Lipinski definition) is 2. The quantitative estimate of drug-likeness (QED) is 0.447. The summed E-state index contributed by atoms with van der Waals surface area (Å²) < 4.78 is 2.03. The lowest BCUT2D eigenvalue weighted by Gasteiger charge is -2.23. The fraction of sp³-hybridized carbons (Fsp3) is 0.296. The van der Waals surface area contributed by atoms with Crippen molar-refractivity contribution >= 4 is 29.0 Å². The van der Waals surface area contributed by atoms with E-state index in [1.807, 2.05) is 35.7 Å². The summed E-state index contributed by atoms with van der Waals surface area (Å²) in [6.07, 6.45) is 8.68. The van der Waals surface area contributed by atoms with Gasteiger partial charge >= 0.3 is 0 Å². The first kappa shape index (κ1) is 22.2. The van der Waals surface area contributed by atoms with E-state index in [4.69, 9.17) is 10.7 Å². The van der Waals surface area contributed by atoms with E-state index in [-0.39, 0.29) is 29.8 Å². The first-order valence-corrected chi connectivity index (χ1v) is 12.3. The summed E-state index contributed by atoms with van der Waals surface area (Å²) in [7, 11) is 0. The van der Waals surface area contributed by atoms with E-state index in [1.54, 1.807) is 36.7 Å². The maximum atomic E-state index is 12.7. The average molecular weight is 482 g/mol. The number of hydrogen-bond acceptors (Lipinski definition) is 6. The fourth-order valence-corrected chi connectivity index (χ4v) is 5.79. The van der Waals surface area contributed by atoms with Gasteiger partial charge in [-0.2, -0.15) is 0 Å². The highest BCUT2D eigenvalue weighted by Crippen LogP contribution is 2.47. The lowest BCUT2D eigenvalue weighted by Crippen LogP contribution is -2.35. The molecule has 0 radical (unpaired) electrons. The number of carbonyl (C=O) groups excluding carboxylic acids is 2. The molecule has 2 fully saturated rings. The highest BCUT2D eigenvalue weighted by atomic mass is 16.2. The first-order valence-electron chi connectivity index (χ1n) is 12.3. The van der Waals surface area contributed by atoms with Gasteiger partial charge in [0.05, 0.1) is 0 Å². The topological polar surface area (TPSA) is 119 Å². The second-order valence-electron chi connectivity index (χ2n) is 9.39. The molecule has 0 saturated carbocycles. The zero-order valence-electron chi connectivity index (χ0n) is 20.0. The Morgan fingerprint density at radius 3 is 2.67 bits per heavy atom. The maximum Gasteiger partial charge on any atom is 0.256 e. The van der Waals surface area contributed by atoms with E-state index in [2.05, 4.69) is 20.2 Å². The van der Waals surface area contributed by atoms with E-state index >= 15 is 0 Å². The molecule has 2 bridgehead atoms. The number of nitrogen functional groups attached to an aromatic ring is 1. The van der Waals surface area contributed by atoms with Crippen LogP contribution in [0.3, 0.4) is 0 Å². The second kappa shape index (κ2) is 8.75. The molecular weight excluding hydrogens is 454 g/mol. The van der Waals surface area contributed by atoms with Crippen molar-refractivity contribution in [3.05, 3.63) is 72.4 Å². The Labute approximate surface area is 208 Å².